The van der Waals surface area contributed by atoms with Crippen molar-refractivity contribution in [2.75, 3.05) is 13.2 Å². The highest BCUT2D eigenvalue weighted by atomic mass is 19.1. The number of ether oxygens (including phenoxy) is 1. The molecule has 0 amide bonds. The lowest BCUT2D eigenvalue weighted by Gasteiger charge is -2.28. The van der Waals surface area contributed by atoms with Crippen molar-refractivity contribution in [3.63, 3.8) is 0 Å². The zero-order valence-electron chi connectivity index (χ0n) is 11.5. The number of nitrogens with one attached hydrogen (secondary N) is 1. The minimum absolute atomic E-state index is 0.113. The van der Waals surface area contributed by atoms with Gasteiger partial charge >= 0.3 is 0 Å². The Bertz CT molecular complexity index is 425. The third kappa shape index (κ3) is 3.12. The van der Waals surface area contributed by atoms with Gasteiger partial charge in [0, 0.05) is 30.2 Å². The van der Waals surface area contributed by atoms with Crippen LogP contribution in [0.3, 0.4) is 0 Å². The molecule has 1 aliphatic rings. The van der Waals surface area contributed by atoms with Crippen molar-refractivity contribution < 1.29 is 13.5 Å². The molecule has 1 heterocycles. The van der Waals surface area contributed by atoms with Crippen LogP contribution in [-0.4, -0.2) is 19.3 Å². The lowest BCUT2D eigenvalue weighted by atomic mass is 9.86. The molecule has 19 heavy (non-hydrogen) atoms. The maximum Gasteiger partial charge on any atom is 0.130 e. The number of benzene rings is 1. The predicted octanol–water partition coefficient (Wildman–Crippen LogP) is 3.43. The van der Waals surface area contributed by atoms with Crippen molar-refractivity contribution in [1.29, 1.82) is 0 Å². The van der Waals surface area contributed by atoms with E-state index in [9.17, 15) is 8.78 Å². The van der Waals surface area contributed by atoms with Gasteiger partial charge in [-0.15, -0.1) is 0 Å². The van der Waals surface area contributed by atoms with Crippen molar-refractivity contribution in [2.24, 2.45) is 5.92 Å². The number of hydrogen-bond acceptors (Lipinski definition) is 2. The highest BCUT2D eigenvalue weighted by molar-refractivity contribution is 5.23. The van der Waals surface area contributed by atoms with E-state index in [1.807, 2.05) is 6.92 Å². The van der Waals surface area contributed by atoms with Crippen molar-refractivity contribution in [3.8, 4) is 0 Å². The molecule has 1 aromatic carbocycles. The Morgan fingerprint density at radius 2 is 2.16 bits per heavy atom. The van der Waals surface area contributed by atoms with Crippen LogP contribution in [0.1, 0.15) is 38.3 Å². The predicted molar refractivity (Wildman–Crippen MR) is 70.9 cm³/mol. The first-order valence-electron chi connectivity index (χ1n) is 6.97. The summed E-state index contributed by atoms with van der Waals surface area (Å²) in [6, 6.07) is 3.71. The Kier molecular flexibility index (Phi) is 4.88. The van der Waals surface area contributed by atoms with Crippen molar-refractivity contribution in [2.45, 2.75) is 38.8 Å². The van der Waals surface area contributed by atoms with Gasteiger partial charge in [-0.3, -0.25) is 0 Å². The fourth-order valence-corrected chi connectivity index (χ4v) is 2.93. The van der Waals surface area contributed by atoms with Crippen molar-refractivity contribution >= 4 is 0 Å². The Labute approximate surface area is 113 Å². The molecule has 0 saturated carbocycles. The minimum atomic E-state index is -0.536. The maximum atomic E-state index is 14.0. The van der Waals surface area contributed by atoms with Crippen LogP contribution in [0.5, 0.6) is 0 Å². The van der Waals surface area contributed by atoms with Gasteiger partial charge in [-0.25, -0.2) is 8.78 Å². The summed E-state index contributed by atoms with van der Waals surface area (Å²) in [5.74, 6) is -0.774. The summed E-state index contributed by atoms with van der Waals surface area (Å²) in [7, 11) is 0. The topological polar surface area (TPSA) is 21.3 Å². The molecule has 3 unspecified atom stereocenters. The summed E-state index contributed by atoms with van der Waals surface area (Å²) in [4.78, 5) is 0. The molecular formula is C15H21F2NO. The van der Waals surface area contributed by atoms with Crippen LogP contribution < -0.4 is 5.32 Å². The van der Waals surface area contributed by atoms with Gasteiger partial charge in [-0.2, -0.15) is 0 Å². The molecule has 1 aliphatic heterocycles. The van der Waals surface area contributed by atoms with Gasteiger partial charge in [0.2, 0.25) is 0 Å². The van der Waals surface area contributed by atoms with Gasteiger partial charge in [0.25, 0.3) is 0 Å². The Morgan fingerprint density at radius 1 is 1.37 bits per heavy atom. The van der Waals surface area contributed by atoms with E-state index in [4.69, 9.17) is 4.74 Å². The van der Waals surface area contributed by atoms with E-state index >= 15 is 0 Å². The first-order chi connectivity index (χ1) is 9.17. The molecule has 4 heteroatoms. The second-order valence-electron chi connectivity index (χ2n) is 4.97. The van der Waals surface area contributed by atoms with E-state index in [1.165, 1.54) is 6.07 Å². The average molecular weight is 269 g/mol. The minimum Gasteiger partial charge on any atom is -0.378 e. The first-order valence-corrected chi connectivity index (χ1v) is 6.97. The lowest BCUT2D eigenvalue weighted by molar-refractivity contribution is 0.0772. The number of halogens is 2. The zero-order chi connectivity index (χ0) is 13.8. The Balaban J connectivity index is 2.28. The molecule has 0 spiro atoms. The van der Waals surface area contributed by atoms with Crippen LogP contribution in [0.25, 0.3) is 0 Å². The molecule has 0 aliphatic carbocycles. The van der Waals surface area contributed by atoms with Crippen molar-refractivity contribution in [3.05, 3.63) is 35.4 Å². The van der Waals surface area contributed by atoms with Crippen LogP contribution in [0, 0.1) is 17.6 Å². The van der Waals surface area contributed by atoms with Crippen LogP contribution in [0.2, 0.25) is 0 Å². The molecule has 1 aromatic rings. The number of rotatable bonds is 5. The molecule has 2 rings (SSSR count). The fraction of sp³-hybridized carbons (Fsp3) is 0.600. The quantitative estimate of drug-likeness (QED) is 0.884. The van der Waals surface area contributed by atoms with Gasteiger partial charge < -0.3 is 10.1 Å². The first kappa shape index (κ1) is 14.4. The van der Waals surface area contributed by atoms with Crippen LogP contribution in [-0.2, 0) is 4.74 Å². The van der Waals surface area contributed by atoms with E-state index in [0.717, 1.165) is 25.5 Å². The standard InChI is InChI=1S/C15H21F2NO/c1-3-14-12(7-8-19-14)15(18-4-2)11-6-5-10(16)9-13(11)17/h5-6,9,12,14-15,18H,3-4,7-8H2,1-2H3. The van der Waals surface area contributed by atoms with Gasteiger partial charge in [0.15, 0.2) is 0 Å². The molecule has 0 radical (unpaired) electrons. The van der Waals surface area contributed by atoms with Gasteiger partial charge in [-0.1, -0.05) is 19.9 Å². The maximum absolute atomic E-state index is 14.0. The Hall–Kier alpha value is -1.00. The van der Waals surface area contributed by atoms with Crippen molar-refractivity contribution in [1.82, 2.24) is 5.32 Å². The summed E-state index contributed by atoms with van der Waals surface area (Å²) in [5.41, 5.74) is 0.539. The Morgan fingerprint density at radius 3 is 2.79 bits per heavy atom. The highest BCUT2D eigenvalue weighted by Gasteiger charge is 2.35. The molecular weight excluding hydrogens is 248 g/mol. The molecule has 0 aromatic heterocycles. The summed E-state index contributed by atoms with van der Waals surface area (Å²) in [5, 5.41) is 3.32. The molecule has 1 N–H and O–H groups in total. The molecule has 2 nitrogen and oxygen atoms in total. The average Bonchev–Trinajstić information content (AvgIpc) is 2.85. The third-order valence-corrected chi connectivity index (χ3v) is 3.81. The summed E-state index contributed by atoms with van der Waals surface area (Å²) in [6.07, 6.45) is 1.97. The summed E-state index contributed by atoms with van der Waals surface area (Å²) in [6.45, 7) is 5.53. The molecule has 0 bridgehead atoms. The molecule has 106 valence electrons. The van der Waals surface area contributed by atoms with Crippen LogP contribution in [0.15, 0.2) is 18.2 Å². The summed E-state index contributed by atoms with van der Waals surface area (Å²) < 4.78 is 32.7. The third-order valence-electron chi connectivity index (χ3n) is 3.81. The van der Waals surface area contributed by atoms with E-state index in [0.29, 0.717) is 12.2 Å². The van der Waals surface area contributed by atoms with Gasteiger partial charge in [-0.05, 0) is 25.5 Å². The second-order valence-corrected chi connectivity index (χ2v) is 4.97. The molecule has 1 saturated heterocycles. The largest absolute Gasteiger partial charge is 0.378 e. The number of hydrogen-bond donors (Lipinski definition) is 1. The second kappa shape index (κ2) is 6.44. The van der Waals surface area contributed by atoms with Crippen LogP contribution in [0.4, 0.5) is 8.78 Å². The van der Waals surface area contributed by atoms with Crippen LogP contribution >= 0.6 is 0 Å². The molecule has 3 atom stereocenters. The van der Waals surface area contributed by atoms with Gasteiger partial charge in [0.05, 0.1) is 6.10 Å². The normalized spacial score (nSPS) is 24.6. The summed E-state index contributed by atoms with van der Waals surface area (Å²) >= 11 is 0. The van der Waals surface area contributed by atoms with E-state index in [2.05, 4.69) is 12.2 Å². The van der Waals surface area contributed by atoms with Gasteiger partial charge in [0.1, 0.15) is 11.6 Å². The zero-order valence-corrected chi connectivity index (χ0v) is 11.5. The SMILES string of the molecule is CCNC(c1ccc(F)cc1F)C1CCOC1CC. The monoisotopic (exact) mass is 269 g/mol. The molecule has 1 fully saturated rings. The lowest BCUT2D eigenvalue weighted by Crippen LogP contribution is -2.33. The smallest absolute Gasteiger partial charge is 0.130 e. The van der Waals surface area contributed by atoms with E-state index < -0.39 is 11.6 Å². The van der Waals surface area contributed by atoms with E-state index in [-0.39, 0.29) is 18.1 Å². The highest BCUT2D eigenvalue weighted by Crippen LogP contribution is 2.35. The van der Waals surface area contributed by atoms with E-state index in [1.54, 1.807) is 6.07 Å². The fourth-order valence-electron chi connectivity index (χ4n) is 2.93.